The van der Waals surface area contributed by atoms with E-state index in [1.165, 1.54) is 77.3 Å². The molecule has 0 spiro atoms. The lowest BCUT2D eigenvalue weighted by atomic mass is 9.94. The molecule has 1 aliphatic heterocycles. The van der Waals surface area contributed by atoms with Gasteiger partial charge in [0, 0.05) is 12.8 Å². The molecule has 0 radical (unpaired) electrons. The summed E-state index contributed by atoms with van der Waals surface area (Å²) in [6.45, 7) is 2.71. The monoisotopic (exact) mass is 236 g/mol. The van der Waals surface area contributed by atoms with Crippen molar-refractivity contribution in [2.24, 2.45) is 0 Å². The lowest BCUT2D eigenvalue weighted by molar-refractivity contribution is -0.825. The van der Waals surface area contributed by atoms with E-state index in [9.17, 15) is 0 Å². The van der Waals surface area contributed by atoms with Crippen LogP contribution in [-0.2, 0) is 0 Å². The molecule has 0 bridgehead atoms. The van der Waals surface area contributed by atoms with Gasteiger partial charge in [0.1, 0.15) is 6.54 Å². The Bertz CT molecular complexity index is 273. The molecule has 2 fully saturated rings. The molecule has 3 rings (SSSR count). The molecule has 1 heterocycles. The number of rotatable bonds is 2. The van der Waals surface area contributed by atoms with Gasteiger partial charge in [0.2, 0.25) is 0 Å². The highest BCUT2D eigenvalue weighted by atomic mass is 15.3. The Morgan fingerprint density at radius 1 is 0.824 bits per heavy atom. The molecule has 2 nitrogen and oxygen atoms in total. The van der Waals surface area contributed by atoms with Gasteiger partial charge in [-0.3, -0.25) is 0 Å². The Morgan fingerprint density at radius 2 is 1.47 bits per heavy atom. The van der Waals surface area contributed by atoms with Crippen LogP contribution in [0.1, 0.15) is 64.2 Å². The van der Waals surface area contributed by atoms with E-state index in [1.807, 2.05) is 0 Å². The maximum atomic E-state index is 2.70. The molecular weight excluding hydrogens is 208 g/mol. The van der Waals surface area contributed by atoms with Gasteiger partial charge in [-0.15, -0.1) is 0 Å². The molecule has 2 aliphatic carbocycles. The van der Waals surface area contributed by atoms with E-state index >= 15 is 0 Å². The van der Waals surface area contributed by atoms with Crippen molar-refractivity contribution < 1.29 is 9.48 Å². The summed E-state index contributed by atoms with van der Waals surface area (Å²) in [4.78, 5) is 1.80. The van der Waals surface area contributed by atoms with Crippen molar-refractivity contribution in [2.45, 2.75) is 76.3 Å². The highest BCUT2D eigenvalue weighted by molar-refractivity contribution is 5.37. The summed E-state index contributed by atoms with van der Waals surface area (Å²) in [5.74, 6) is 0. The van der Waals surface area contributed by atoms with E-state index in [1.54, 1.807) is 4.90 Å². The molecule has 0 aromatic rings. The fourth-order valence-corrected chi connectivity index (χ4v) is 4.08. The smallest absolute Gasteiger partial charge is 0.246 e. The van der Waals surface area contributed by atoms with Gasteiger partial charge in [-0.2, -0.15) is 4.58 Å². The van der Waals surface area contributed by atoms with Gasteiger partial charge in [0.05, 0.1) is 6.04 Å². The van der Waals surface area contributed by atoms with Crippen LogP contribution in [0.2, 0.25) is 0 Å². The first kappa shape index (κ1) is 11.7. The van der Waals surface area contributed by atoms with Crippen molar-refractivity contribution in [2.75, 3.05) is 13.1 Å². The standard InChI is InChI=1S/C15H27N2/c1-3-7-14(8-4-1)16-11-12-17(13-16)15-9-5-2-6-10-15/h13-15H,1-12H2/q+1/p+1. The number of hydrogen-bond acceptors (Lipinski definition) is 0. The molecule has 0 amide bonds. The number of quaternary nitrogens is 1. The van der Waals surface area contributed by atoms with Crippen LogP contribution < -0.4 is 4.90 Å². The lowest BCUT2D eigenvalue weighted by Gasteiger charge is -2.23. The van der Waals surface area contributed by atoms with Crippen LogP contribution in [-0.4, -0.2) is 36.1 Å². The second-order valence-electron chi connectivity index (χ2n) is 6.32. The highest BCUT2D eigenvalue weighted by Gasteiger charge is 2.35. The van der Waals surface area contributed by atoms with Crippen LogP contribution in [0.3, 0.4) is 0 Å². The zero-order valence-corrected chi connectivity index (χ0v) is 11.2. The van der Waals surface area contributed by atoms with E-state index in [0.717, 1.165) is 12.1 Å². The number of nitrogens with one attached hydrogen (secondary N) is 1. The topological polar surface area (TPSA) is 7.45 Å². The van der Waals surface area contributed by atoms with E-state index in [2.05, 4.69) is 10.9 Å². The third kappa shape index (κ3) is 2.73. The van der Waals surface area contributed by atoms with Crippen LogP contribution in [0.25, 0.3) is 0 Å². The lowest BCUT2D eigenvalue weighted by Crippen LogP contribution is -3.14. The van der Waals surface area contributed by atoms with Crippen LogP contribution in [0.4, 0.5) is 0 Å². The minimum absolute atomic E-state index is 0.893. The predicted molar refractivity (Wildman–Crippen MR) is 70.8 cm³/mol. The summed E-state index contributed by atoms with van der Waals surface area (Å²) in [7, 11) is 0. The molecule has 1 atom stereocenters. The fraction of sp³-hybridized carbons (Fsp3) is 0.933. The first-order chi connectivity index (χ1) is 8.43. The molecule has 0 saturated heterocycles. The third-order valence-corrected chi connectivity index (χ3v) is 5.16. The molecule has 1 unspecified atom stereocenters. The molecule has 1 N–H and O–H groups in total. The molecule has 2 saturated carbocycles. The minimum atomic E-state index is 0.893. The molecular formula is C15H28N2+2. The molecule has 0 aromatic carbocycles. The first-order valence-corrected chi connectivity index (χ1v) is 7.90. The van der Waals surface area contributed by atoms with Crippen molar-refractivity contribution in [1.82, 2.24) is 0 Å². The zero-order valence-electron chi connectivity index (χ0n) is 11.2. The summed E-state index contributed by atoms with van der Waals surface area (Å²) in [6.07, 6.45) is 17.3. The van der Waals surface area contributed by atoms with E-state index < -0.39 is 0 Å². The second-order valence-corrected chi connectivity index (χ2v) is 6.32. The van der Waals surface area contributed by atoms with Crippen LogP contribution >= 0.6 is 0 Å². The van der Waals surface area contributed by atoms with E-state index in [-0.39, 0.29) is 0 Å². The summed E-state index contributed by atoms with van der Waals surface area (Å²) in [5.41, 5.74) is 0. The summed E-state index contributed by atoms with van der Waals surface area (Å²) in [5, 5.41) is 0. The third-order valence-electron chi connectivity index (χ3n) is 5.16. The average molecular weight is 236 g/mol. The maximum Gasteiger partial charge on any atom is 0.325 e. The number of nitrogens with zero attached hydrogens (tertiary/aromatic N) is 1. The normalized spacial score (nSPS) is 32.7. The van der Waals surface area contributed by atoms with Crippen molar-refractivity contribution in [3.05, 3.63) is 0 Å². The fourth-order valence-electron chi connectivity index (χ4n) is 4.08. The van der Waals surface area contributed by atoms with Gasteiger partial charge in [-0.1, -0.05) is 12.8 Å². The molecule has 17 heavy (non-hydrogen) atoms. The van der Waals surface area contributed by atoms with Gasteiger partial charge < -0.3 is 0 Å². The maximum absolute atomic E-state index is 2.70. The van der Waals surface area contributed by atoms with Gasteiger partial charge in [-0.25, -0.2) is 4.90 Å². The summed E-state index contributed by atoms with van der Waals surface area (Å²) in [6, 6.07) is 1.85. The van der Waals surface area contributed by atoms with Gasteiger partial charge in [0.15, 0.2) is 12.6 Å². The van der Waals surface area contributed by atoms with Crippen molar-refractivity contribution in [1.29, 1.82) is 0 Å². The minimum Gasteiger partial charge on any atom is -0.246 e. The molecule has 3 aliphatic rings. The Morgan fingerprint density at radius 3 is 2.18 bits per heavy atom. The van der Waals surface area contributed by atoms with E-state index in [4.69, 9.17) is 0 Å². The largest absolute Gasteiger partial charge is 0.325 e. The number of hydrogen-bond donors (Lipinski definition) is 1. The van der Waals surface area contributed by atoms with Crippen molar-refractivity contribution >= 4 is 6.34 Å². The molecule has 96 valence electrons. The average Bonchev–Trinajstić information content (AvgIpc) is 2.90. The Kier molecular flexibility index (Phi) is 3.80. The SMILES string of the molecule is C1=[N+](C2CCCCC2)CC[NH+]1C1CCCCC1. The second kappa shape index (κ2) is 5.51. The highest BCUT2D eigenvalue weighted by Crippen LogP contribution is 2.20. The van der Waals surface area contributed by atoms with Crippen molar-refractivity contribution in [3.63, 3.8) is 0 Å². The van der Waals surface area contributed by atoms with Gasteiger partial charge in [-0.05, 0) is 38.5 Å². The first-order valence-electron chi connectivity index (χ1n) is 7.90. The zero-order chi connectivity index (χ0) is 11.5. The van der Waals surface area contributed by atoms with Gasteiger partial charge in [0.25, 0.3) is 0 Å². The summed E-state index contributed by atoms with van der Waals surface area (Å²) >= 11 is 0. The predicted octanol–water partition coefficient (Wildman–Crippen LogP) is 1.59. The Hall–Kier alpha value is -0.370. The van der Waals surface area contributed by atoms with Crippen LogP contribution in [0.5, 0.6) is 0 Å². The quantitative estimate of drug-likeness (QED) is 0.696. The Balaban J connectivity index is 1.59. The van der Waals surface area contributed by atoms with Crippen LogP contribution in [0, 0.1) is 0 Å². The summed E-state index contributed by atoms with van der Waals surface area (Å²) < 4.78 is 2.70. The van der Waals surface area contributed by atoms with E-state index in [0.29, 0.717) is 0 Å². The van der Waals surface area contributed by atoms with Crippen molar-refractivity contribution in [3.8, 4) is 0 Å². The van der Waals surface area contributed by atoms with Crippen LogP contribution in [0.15, 0.2) is 0 Å². The molecule has 0 aromatic heterocycles. The Labute approximate surface area is 106 Å². The van der Waals surface area contributed by atoms with Gasteiger partial charge >= 0.3 is 6.34 Å². The molecule has 2 heteroatoms.